The number of hydrogen-bond donors (Lipinski definition) is 2. The fourth-order valence-corrected chi connectivity index (χ4v) is 4.13. The third-order valence-electron chi connectivity index (χ3n) is 4.47. The molecule has 0 atom stereocenters. The summed E-state index contributed by atoms with van der Waals surface area (Å²) in [5.41, 5.74) is 0.583. The standard InChI is InChI=1S/C21H20ClN3O4S/c1-3-11-23-30(28,29)16-8-6-15(7-9-16)24-21(27)18-13-25(4-2)19-10-5-14(22)12-17(19)20(18)26/h3,5-10,12-13,23H,1,4,11H2,2H3,(H,24,27). The second-order valence-corrected chi connectivity index (χ2v) is 8.64. The smallest absolute Gasteiger partial charge is 0.261 e. The molecule has 1 aromatic heterocycles. The average molecular weight is 446 g/mol. The van der Waals surface area contributed by atoms with Crippen molar-refractivity contribution in [2.24, 2.45) is 0 Å². The zero-order valence-corrected chi connectivity index (χ0v) is 17.8. The number of rotatable bonds is 7. The molecule has 0 saturated carbocycles. The van der Waals surface area contributed by atoms with E-state index in [4.69, 9.17) is 11.6 Å². The van der Waals surface area contributed by atoms with E-state index in [0.29, 0.717) is 28.2 Å². The van der Waals surface area contributed by atoms with Gasteiger partial charge in [-0.25, -0.2) is 13.1 Å². The molecule has 0 fully saturated rings. The number of pyridine rings is 1. The maximum atomic E-state index is 12.8. The Kier molecular flexibility index (Phi) is 6.40. The number of halogens is 1. The largest absolute Gasteiger partial charge is 0.347 e. The lowest BCUT2D eigenvalue weighted by Crippen LogP contribution is -2.24. The number of amides is 1. The molecule has 30 heavy (non-hydrogen) atoms. The van der Waals surface area contributed by atoms with E-state index in [9.17, 15) is 18.0 Å². The lowest BCUT2D eigenvalue weighted by Gasteiger charge is -2.12. The summed E-state index contributed by atoms with van der Waals surface area (Å²) in [5, 5.41) is 3.39. The second-order valence-electron chi connectivity index (χ2n) is 6.44. The van der Waals surface area contributed by atoms with Gasteiger partial charge in [-0.15, -0.1) is 6.58 Å². The summed E-state index contributed by atoms with van der Waals surface area (Å²) in [4.78, 5) is 25.6. The van der Waals surface area contributed by atoms with Crippen molar-refractivity contribution in [1.82, 2.24) is 9.29 Å². The number of aromatic nitrogens is 1. The highest BCUT2D eigenvalue weighted by Crippen LogP contribution is 2.19. The molecule has 7 nitrogen and oxygen atoms in total. The average Bonchev–Trinajstić information content (AvgIpc) is 2.73. The van der Waals surface area contributed by atoms with Crippen LogP contribution in [0.25, 0.3) is 10.9 Å². The number of benzene rings is 2. The van der Waals surface area contributed by atoms with Gasteiger partial charge in [0.1, 0.15) is 5.56 Å². The van der Waals surface area contributed by atoms with E-state index < -0.39 is 21.4 Å². The van der Waals surface area contributed by atoms with Crippen LogP contribution in [0.2, 0.25) is 5.02 Å². The first-order chi connectivity index (χ1) is 14.3. The van der Waals surface area contributed by atoms with Gasteiger partial charge < -0.3 is 9.88 Å². The van der Waals surface area contributed by atoms with Gasteiger partial charge in [-0.05, 0) is 49.4 Å². The Morgan fingerprint density at radius 1 is 1.20 bits per heavy atom. The Hall–Kier alpha value is -2.94. The van der Waals surface area contributed by atoms with Crippen LogP contribution in [0.4, 0.5) is 5.69 Å². The molecule has 0 aliphatic rings. The summed E-state index contributed by atoms with van der Waals surface area (Å²) in [6.07, 6.45) is 2.94. The normalized spacial score (nSPS) is 11.4. The van der Waals surface area contributed by atoms with Crippen molar-refractivity contribution in [1.29, 1.82) is 0 Å². The van der Waals surface area contributed by atoms with Crippen molar-refractivity contribution in [2.45, 2.75) is 18.4 Å². The fraction of sp³-hybridized carbons (Fsp3) is 0.143. The maximum Gasteiger partial charge on any atom is 0.261 e. The molecular formula is C21H20ClN3O4S. The first kappa shape index (κ1) is 21.8. The number of anilines is 1. The number of carbonyl (C=O) groups is 1. The monoisotopic (exact) mass is 445 g/mol. The predicted molar refractivity (Wildman–Crippen MR) is 119 cm³/mol. The molecular weight excluding hydrogens is 426 g/mol. The van der Waals surface area contributed by atoms with Crippen LogP contribution in [0.5, 0.6) is 0 Å². The molecule has 156 valence electrons. The number of aryl methyl sites for hydroxylation is 1. The highest BCUT2D eigenvalue weighted by Gasteiger charge is 2.17. The molecule has 0 radical (unpaired) electrons. The Balaban J connectivity index is 1.91. The molecule has 2 aromatic carbocycles. The van der Waals surface area contributed by atoms with Crippen molar-refractivity contribution in [3.05, 3.63) is 82.1 Å². The SMILES string of the molecule is C=CCNS(=O)(=O)c1ccc(NC(=O)c2cn(CC)c3ccc(Cl)cc3c2=O)cc1. The molecule has 1 amide bonds. The first-order valence-electron chi connectivity index (χ1n) is 9.11. The lowest BCUT2D eigenvalue weighted by molar-refractivity contribution is 0.102. The number of nitrogens with zero attached hydrogens (tertiary/aromatic N) is 1. The summed E-state index contributed by atoms with van der Waals surface area (Å²) in [6, 6.07) is 10.6. The van der Waals surface area contributed by atoms with Crippen LogP contribution in [0.1, 0.15) is 17.3 Å². The van der Waals surface area contributed by atoms with E-state index in [-0.39, 0.29) is 17.0 Å². The number of fused-ring (bicyclic) bond motifs is 1. The van der Waals surface area contributed by atoms with Crippen LogP contribution in [0.15, 0.2) is 71.0 Å². The van der Waals surface area contributed by atoms with Gasteiger partial charge >= 0.3 is 0 Å². The van der Waals surface area contributed by atoms with E-state index in [1.807, 2.05) is 6.92 Å². The summed E-state index contributed by atoms with van der Waals surface area (Å²) in [7, 11) is -3.66. The minimum Gasteiger partial charge on any atom is -0.347 e. The summed E-state index contributed by atoms with van der Waals surface area (Å²) < 4.78 is 28.4. The number of hydrogen-bond acceptors (Lipinski definition) is 4. The van der Waals surface area contributed by atoms with Gasteiger partial charge in [0.25, 0.3) is 5.91 Å². The molecule has 2 N–H and O–H groups in total. The molecule has 3 rings (SSSR count). The number of nitrogens with one attached hydrogen (secondary N) is 2. The zero-order chi connectivity index (χ0) is 21.9. The van der Waals surface area contributed by atoms with Crippen LogP contribution in [-0.2, 0) is 16.6 Å². The third kappa shape index (κ3) is 4.46. The quantitative estimate of drug-likeness (QED) is 0.544. The van der Waals surface area contributed by atoms with E-state index in [1.54, 1.807) is 16.7 Å². The molecule has 3 aromatic rings. The van der Waals surface area contributed by atoms with Gasteiger partial charge in [0.05, 0.1) is 10.4 Å². The van der Waals surface area contributed by atoms with Gasteiger partial charge in [-0.1, -0.05) is 17.7 Å². The van der Waals surface area contributed by atoms with Gasteiger partial charge in [-0.2, -0.15) is 0 Å². The van der Waals surface area contributed by atoms with Crippen molar-refractivity contribution in [3.63, 3.8) is 0 Å². The van der Waals surface area contributed by atoms with Gasteiger partial charge in [0.2, 0.25) is 15.5 Å². The van der Waals surface area contributed by atoms with Crippen LogP contribution in [0, 0.1) is 0 Å². The zero-order valence-electron chi connectivity index (χ0n) is 16.2. The summed E-state index contributed by atoms with van der Waals surface area (Å²) in [5.74, 6) is -0.593. The number of carbonyl (C=O) groups excluding carboxylic acids is 1. The molecule has 1 heterocycles. The molecule has 0 unspecified atom stereocenters. The Bertz CT molecular complexity index is 1280. The van der Waals surface area contributed by atoms with Crippen molar-refractivity contribution < 1.29 is 13.2 Å². The van der Waals surface area contributed by atoms with Gasteiger partial charge in [0.15, 0.2) is 0 Å². The summed E-state index contributed by atoms with van der Waals surface area (Å²) in [6.45, 7) is 6.04. The van der Waals surface area contributed by atoms with Crippen LogP contribution >= 0.6 is 11.6 Å². The van der Waals surface area contributed by atoms with E-state index >= 15 is 0 Å². The van der Waals surface area contributed by atoms with E-state index in [0.717, 1.165) is 0 Å². The highest BCUT2D eigenvalue weighted by atomic mass is 35.5. The van der Waals surface area contributed by atoms with E-state index in [1.165, 1.54) is 42.6 Å². The molecule has 0 saturated heterocycles. The Morgan fingerprint density at radius 3 is 2.53 bits per heavy atom. The molecule has 0 aliphatic carbocycles. The lowest BCUT2D eigenvalue weighted by atomic mass is 10.1. The van der Waals surface area contributed by atoms with E-state index in [2.05, 4.69) is 16.6 Å². The Labute approximate surface area is 179 Å². The summed E-state index contributed by atoms with van der Waals surface area (Å²) >= 11 is 6.02. The molecule has 0 spiro atoms. The van der Waals surface area contributed by atoms with Crippen molar-refractivity contribution >= 4 is 44.1 Å². The van der Waals surface area contributed by atoms with Crippen LogP contribution in [0.3, 0.4) is 0 Å². The third-order valence-corrected chi connectivity index (χ3v) is 6.14. The Morgan fingerprint density at radius 2 is 1.90 bits per heavy atom. The minimum absolute atomic E-state index is 0.0315. The van der Waals surface area contributed by atoms with Crippen LogP contribution in [-0.4, -0.2) is 25.4 Å². The van der Waals surface area contributed by atoms with Crippen molar-refractivity contribution in [2.75, 3.05) is 11.9 Å². The molecule has 0 aliphatic heterocycles. The molecule has 0 bridgehead atoms. The first-order valence-corrected chi connectivity index (χ1v) is 11.0. The number of sulfonamides is 1. The van der Waals surface area contributed by atoms with Gasteiger partial charge in [0, 0.05) is 35.4 Å². The van der Waals surface area contributed by atoms with Crippen LogP contribution < -0.4 is 15.5 Å². The topological polar surface area (TPSA) is 97.3 Å². The maximum absolute atomic E-state index is 12.8. The predicted octanol–water partition coefficient (Wildman–Crippen LogP) is 3.39. The van der Waals surface area contributed by atoms with Gasteiger partial charge in [-0.3, -0.25) is 9.59 Å². The second kappa shape index (κ2) is 8.83. The highest BCUT2D eigenvalue weighted by molar-refractivity contribution is 7.89. The van der Waals surface area contributed by atoms with Crippen molar-refractivity contribution in [3.8, 4) is 0 Å². The minimum atomic E-state index is -3.66. The molecule has 9 heteroatoms. The fourth-order valence-electron chi connectivity index (χ4n) is 2.96.